The maximum absolute atomic E-state index is 12.0. The van der Waals surface area contributed by atoms with E-state index in [1.165, 1.54) is 0 Å². The molecule has 3 rings (SSSR count). The number of rotatable bonds is 1. The lowest BCUT2D eigenvalue weighted by Crippen LogP contribution is -2.38. The number of amides is 2. The van der Waals surface area contributed by atoms with E-state index in [-0.39, 0.29) is 28.9 Å². The van der Waals surface area contributed by atoms with E-state index in [2.05, 4.69) is 5.32 Å². The number of carbonyl (C=O) groups is 3. The van der Waals surface area contributed by atoms with Crippen LogP contribution in [0.25, 0.3) is 0 Å². The van der Waals surface area contributed by atoms with E-state index in [0.29, 0.717) is 19.3 Å². The fourth-order valence-corrected chi connectivity index (χ4v) is 5.28. The highest BCUT2D eigenvalue weighted by molar-refractivity contribution is 7.87. The van der Waals surface area contributed by atoms with Gasteiger partial charge in [0.05, 0.1) is 0 Å². The molecule has 8 heteroatoms. The molecule has 3 aliphatic rings. The van der Waals surface area contributed by atoms with E-state index < -0.39 is 20.8 Å². The van der Waals surface area contributed by atoms with E-state index >= 15 is 0 Å². The smallest absolute Gasteiger partial charge is 0.275 e. The minimum atomic E-state index is -4.24. The summed E-state index contributed by atoms with van der Waals surface area (Å²) >= 11 is 0. The lowest BCUT2D eigenvalue weighted by molar-refractivity contribution is -0.128. The molecule has 2 amide bonds. The number of ketones is 1. The average molecular weight is 331 g/mol. The first kappa shape index (κ1) is 17.1. The second kappa shape index (κ2) is 5.13. The van der Waals surface area contributed by atoms with Crippen molar-refractivity contribution in [3.8, 4) is 0 Å². The zero-order valence-electron chi connectivity index (χ0n) is 12.9. The van der Waals surface area contributed by atoms with Crippen LogP contribution in [0.4, 0.5) is 0 Å². The Morgan fingerprint density at radius 2 is 1.59 bits per heavy atom. The van der Waals surface area contributed by atoms with Crippen molar-refractivity contribution in [3.05, 3.63) is 0 Å². The van der Waals surface area contributed by atoms with Gasteiger partial charge in [0.2, 0.25) is 11.8 Å². The van der Waals surface area contributed by atoms with Gasteiger partial charge < -0.3 is 0 Å². The molecular weight excluding hydrogens is 310 g/mol. The Morgan fingerprint density at radius 1 is 1.09 bits per heavy atom. The Morgan fingerprint density at radius 3 is 1.82 bits per heavy atom. The predicted octanol–water partition coefficient (Wildman–Crippen LogP) is 0.691. The number of imide groups is 1. The molecule has 0 spiro atoms. The minimum Gasteiger partial charge on any atom is -0.297 e. The normalized spacial score (nSPS) is 36.1. The van der Waals surface area contributed by atoms with Crippen LogP contribution in [0, 0.1) is 16.7 Å². The highest BCUT2D eigenvalue weighted by atomic mass is 32.2. The van der Waals surface area contributed by atoms with Crippen LogP contribution in [-0.2, 0) is 24.5 Å². The van der Waals surface area contributed by atoms with Gasteiger partial charge in [-0.3, -0.25) is 24.3 Å². The molecule has 0 aromatic rings. The van der Waals surface area contributed by atoms with E-state index in [1.54, 1.807) is 0 Å². The maximum atomic E-state index is 12.0. The van der Waals surface area contributed by atoms with Gasteiger partial charge in [0.1, 0.15) is 5.25 Å². The molecule has 0 aromatic heterocycles. The molecule has 3 unspecified atom stereocenters. The molecule has 7 nitrogen and oxygen atoms in total. The lowest BCUT2D eigenvalue weighted by atomic mass is 9.70. The molecule has 2 bridgehead atoms. The fraction of sp³-hybridized carbons (Fsp3) is 0.786. The Balaban J connectivity index is 0.000000211. The standard InChI is InChI=1S/C10H16O4S.C4H5NO2/c1-9(2)6-4-5-10(9,3)8(11)7(6)15(12,13)14;6-3-1-2-4(7)5-3/h6-7H,4-5H2,1-3H3,(H,12,13,14);1-2H2,(H,5,6,7). The maximum Gasteiger partial charge on any atom is 0.275 e. The van der Waals surface area contributed by atoms with Crippen LogP contribution >= 0.6 is 0 Å². The van der Waals surface area contributed by atoms with Gasteiger partial charge in [-0.25, -0.2) is 0 Å². The first-order valence-corrected chi connectivity index (χ1v) is 8.75. The summed E-state index contributed by atoms with van der Waals surface area (Å²) in [6, 6.07) is 0. The van der Waals surface area contributed by atoms with Crippen molar-refractivity contribution in [3.63, 3.8) is 0 Å². The second-order valence-electron chi connectivity index (χ2n) is 6.97. The Bertz CT molecular complexity index is 624. The number of nitrogens with one attached hydrogen (secondary N) is 1. The molecule has 2 saturated carbocycles. The van der Waals surface area contributed by atoms with Crippen LogP contribution in [-0.4, -0.2) is 35.8 Å². The summed E-state index contributed by atoms with van der Waals surface area (Å²) in [5, 5.41) is 0.950. The van der Waals surface area contributed by atoms with Crippen LogP contribution < -0.4 is 5.32 Å². The molecule has 2 aliphatic carbocycles. The minimum absolute atomic E-state index is 0.148. The van der Waals surface area contributed by atoms with Crippen LogP contribution in [0.15, 0.2) is 0 Å². The highest BCUT2D eigenvalue weighted by Gasteiger charge is 2.69. The van der Waals surface area contributed by atoms with Crippen LogP contribution in [0.2, 0.25) is 0 Å². The number of carbonyl (C=O) groups excluding carboxylic acids is 3. The Hall–Kier alpha value is -1.28. The lowest BCUT2D eigenvalue weighted by Gasteiger charge is -2.32. The van der Waals surface area contributed by atoms with E-state index in [9.17, 15) is 22.8 Å². The van der Waals surface area contributed by atoms with Gasteiger partial charge in [0.15, 0.2) is 5.78 Å². The SMILES string of the molecule is CC12CCC(C(S(=O)(=O)O)C1=O)C2(C)C.O=C1CCC(=O)N1. The van der Waals surface area contributed by atoms with Gasteiger partial charge in [-0.05, 0) is 24.2 Å². The second-order valence-corrected chi connectivity index (χ2v) is 8.51. The third-order valence-electron chi connectivity index (χ3n) is 5.65. The monoisotopic (exact) mass is 331 g/mol. The van der Waals surface area contributed by atoms with Crippen molar-refractivity contribution in [2.24, 2.45) is 16.7 Å². The molecule has 1 heterocycles. The van der Waals surface area contributed by atoms with Gasteiger partial charge in [-0.1, -0.05) is 20.8 Å². The summed E-state index contributed by atoms with van der Waals surface area (Å²) in [5.41, 5.74) is -0.914. The molecular formula is C14H21NO6S. The van der Waals surface area contributed by atoms with Crippen LogP contribution in [0.1, 0.15) is 46.5 Å². The van der Waals surface area contributed by atoms with Crippen LogP contribution in [0.5, 0.6) is 0 Å². The van der Waals surface area contributed by atoms with Gasteiger partial charge in [-0.15, -0.1) is 0 Å². The molecule has 3 fully saturated rings. The summed E-state index contributed by atoms with van der Waals surface area (Å²) in [5.74, 6) is -0.828. The molecule has 3 atom stereocenters. The van der Waals surface area contributed by atoms with Gasteiger partial charge >= 0.3 is 0 Å². The molecule has 124 valence electrons. The highest BCUT2D eigenvalue weighted by Crippen LogP contribution is 2.64. The summed E-state index contributed by atoms with van der Waals surface area (Å²) in [6.45, 7) is 5.67. The van der Waals surface area contributed by atoms with Crippen molar-refractivity contribution in [2.75, 3.05) is 0 Å². The fourth-order valence-electron chi connectivity index (χ4n) is 3.85. The van der Waals surface area contributed by atoms with Gasteiger partial charge in [0.25, 0.3) is 10.1 Å². The van der Waals surface area contributed by atoms with Crippen molar-refractivity contribution in [1.29, 1.82) is 0 Å². The number of fused-ring (bicyclic) bond motifs is 2. The quantitative estimate of drug-likeness (QED) is 0.539. The zero-order chi connectivity index (χ0) is 16.9. The topological polar surface area (TPSA) is 118 Å². The first-order valence-electron chi connectivity index (χ1n) is 7.24. The molecule has 22 heavy (non-hydrogen) atoms. The van der Waals surface area contributed by atoms with E-state index in [0.717, 1.165) is 6.42 Å². The molecule has 1 aliphatic heterocycles. The third kappa shape index (κ3) is 2.48. The molecule has 0 aromatic carbocycles. The van der Waals surface area contributed by atoms with E-state index in [4.69, 9.17) is 4.55 Å². The largest absolute Gasteiger partial charge is 0.297 e. The Labute approximate surface area is 129 Å². The number of hydrogen-bond donors (Lipinski definition) is 2. The number of Topliss-reactive ketones (excluding diaryl/α,β-unsaturated/α-hetero) is 1. The van der Waals surface area contributed by atoms with Gasteiger partial charge in [0, 0.05) is 18.3 Å². The summed E-state index contributed by atoms with van der Waals surface area (Å²) in [6.07, 6.45) is 2.19. The Kier molecular flexibility index (Phi) is 3.98. The van der Waals surface area contributed by atoms with Crippen molar-refractivity contribution in [2.45, 2.75) is 51.7 Å². The van der Waals surface area contributed by atoms with Crippen LogP contribution in [0.3, 0.4) is 0 Å². The summed E-state index contributed by atoms with van der Waals surface area (Å²) in [7, 11) is -4.24. The predicted molar refractivity (Wildman–Crippen MR) is 77.3 cm³/mol. The molecule has 0 radical (unpaired) electrons. The van der Waals surface area contributed by atoms with Gasteiger partial charge in [-0.2, -0.15) is 8.42 Å². The third-order valence-corrected chi connectivity index (χ3v) is 6.84. The molecule has 2 N–H and O–H groups in total. The molecule has 1 saturated heterocycles. The first-order chi connectivity index (χ1) is 9.91. The average Bonchev–Trinajstić information content (AvgIpc) is 2.88. The van der Waals surface area contributed by atoms with Crippen molar-refractivity contribution < 1.29 is 27.4 Å². The summed E-state index contributed by atoms with van der Waals surface area (Å²) < 4.78 is 31.5. The summed E-state index contributed by atoms with van der Waals surface area (Å²) in [4.78, 5) is 32.3. The van der Waals surface area contributed by atoms with Crippen molar-refractivity contribution >= 4 is 27.7 Å². The zero-order valence-corrected chi connectivity index (χ0v) is 13.7. The number of hydrogen-bond acceptors (Lipinski definition) is 5. The van der Waals surface area contributed by atoms with E-state index in [1.807, 2.05) is 20.8 Å². The van der Waals surface area contributed by atoms with Crippen molar-refractivity contribution in [1.82, 2.24) is 5.32 Å².